The first-order valence-corrected chi connectivity index (χ1v) is 9.25. The van der Waals surface area contributed by atoms with Crippen LogP contribution in [0.3, 0.4) is 0 Å². The van der Waals surface area contributed by atoms with E-state index in [4.69, 9.17) is 4.74 Å². The monoisotopic (exact) mass is 370 g/mol. The topological polar surface area (TPSA) is 76.5 Å². The first-order chi connectivity index (χ1) is 12.9. The van der Waals surface area contributed by atoms with E-state index in [0.29, 0.717) is 19.5 Å². The van der Waals surface area contributed by atoms with Gasteiger partial charge >= 0.3 is 0 Å². The number of hydrogen-bond acceptors (Lipinski definition) is 4. The van der Waals surface area contributed by atoms with Gasteiger partial charge in [0, 0.05) is 50.6 Å². The maximum absolute atomic E-state index is 12.4. The quantitative estimate of drug-likeness (QED) is 0.808. The van der Waals surface area contributed by atoms with Crippen LogP contribution in [0.25, 0.3) is 0 Å². The summed E-state index contributed by atoms with van der Waals surface area (Å²) in [6.07, 6.45) is 2.79. The number of carbonyl (C=O) groups excluding carboxylic acids is 2. The number of carbonyl (C=O) groups is 2. The normalized spacial score (nSPS) is 16.8. The lowest BCUT2D eigenvalue weighted by molar-refractivity contribution is -0.126. The molecule has 0 radical (unpaired) electrons. The van der Waals surface area contributed by atoms with Gasteiger partial charge in [0.25, 0.3) is 0 Å². The molecule has 1 aromatic carbocycles. The Balaban J connectivity index is 1.53. The predicted molar refractivity (Wildman–Crippen MR) is 103 cm³/mol. The molecular formula is C20H26N4O3. The molecule has 2 aromatic rings. The van der Waals surface area contributed by atoms with Gasteiger partial charge in [-0.25, -0.2) is 0 Å². The maximum Gasteiger partial charge on any atom is 0.227 e. The zero-order chi connectivity index (χ0) is 19.4. The Morgan fingerprint density at radius 3 is 2.67 bits per heavy atom. The molecule has 27 heavy (non-hydrogen) atoms. The highest BCUT2D eigenvalue weighted by Crippen LogP contribution is 2.27. The van der Waals surface area contributed by atoms with Crippen molar-refractivity contribution in [2.24, 2.45) is 13.0 Å². The lowest BCUT2D eigenvalue weighted by Crippen LogP contribution is -2.34. The summed E-state index contributed by atoms with van der Waals surface area (Å²) in [5, 5.41) is 7.05. The third-order valence-electron chi connectivity index (χ3n) is 4.62. The van der Waals surface area contributed by atoms with Crippen LogP contribution in [0, 0.1) is 5.92 Å². The molecule has 2 amide bonds. The second kappa shape index (κ2) is 8.24. The summed E-state index contributed by atoms with van der Waals surface area (Å²) < 4.78 is 7.42. The van der Waals surface area contributed by atoms with Crippen LogP contribution in [0.1, 0.15) is 26.0 Å². The number of rotatable bonds is 7. The SMILES string of the molecule is CC(C)Oc1ccc(N2C[C@H](C(=O)NCCc3ccnn3C)CC2=O)cc1. The number of nitrogens with one attached hydrogen (secondary N) is 1. The molecule has 0 spiro atoms. The minimum absolute atomic E-state index is 0.0284. The van der Waals surface area contributed by atoms with Crippen LogP contribution >= 0.6 is 0 Å². The molecule has 1 N–H and O–H groups in total. The average molecular weight is 370 g/mol. The lowest BCUT2D eigenvalue weighted by Gasteiger charge is -2.18. The second-order valence-electron chi connectivity index (χ2n) is 7.05. The summed E-state index contributed by atoms with van der Waals surface area (Å²) in [6, 6.07) is 9.35. The van der Waals surface area contributed by atoms with E-state index in [2.05, 4.69) is 10.4 Å². The highest BCUT2D eigenvalue weighted by molar-refractivity contribution is 6.00. The summed E-state index contributed by atoms with van der Waals surface area (Å²) in [7, 11) is 1.88. The summed E-state index contributed by atoms with van der Waals surface area (Å²) in [4.78, 5) is 26.5. The van der Waals surface area contributed by atoms with E-state index in [1.54, 1.807) is 15.8 Å². The first kappa shape index (κ1) is 18.9. The largest absolute Gasteiger partial charge is 0.491 e. The number of nitrogens with zero attached hydrogens (tertiary/aromatic N) is 3. The molecule has 144 valence electrons. The Morgan fingerprint density at radius 2 is 2.04 bits per heavy atom. The molecule has 1 fully saturated rings. The molecule has 1 aliphatic rings. The number of aryl methyl sites for hydroxylation is 1. The smallest absolute Gasteiger partial charge is 0.227 e. The predicted octanol–water partition coefficient (Wildman–Crippen LogP) is 1.92. The van der Waals surface area contributed by atoms with Crippen LogP contribution in [-0.4, -0.2) is 40.8 Å². The number of ether oxygens (including phenoxy) is 1. The highest BCUT2D eigenvalue weighted by Gasteiger charge is 2.34. The number of aromatic nitrogens is 2. The fourth-order valence-corrected chi connectivity index (χ4v) is 3.21. The Bertz CT molecular complexity index is 798. The third kappa shape index (κ3) is 4.67. The molecule has 1 atom stereocenters. The van der Waals surface area contributed by atoms with Gasteiger partial charge in [-0.1, -0.05) is 0 Å². The molecule has 3 rings (SSSR count). The van der Waals surface area contributed by atoms with Crippen LogP contribution < -0.4 is 15.0 Å². The van der Waals surface area contributed by atoms with Crippen molar-refractivity contribution in [2.45, 2.75) is 32.8 Å². The fraction of sp³-hybridized carbons (Fsp3) is 0.450. The summed E-state index contributed by atoms with van der Waals surface area (Å²) >= 11 is 0. The van der Waals surface area contributed by atoms with Crippen LogP contribution in [0.4, 0.5) is 5.69 Å². The molecule has 1 aromatic heterocycles. The second-order valence-corrected chi connectivity index (χ2v) is 7.05. The average Bonchev–Trinajstić information content (AvgIpc) is 3.21. The number of amides is 2. The van der Waals surface area contributed by atoms with E-state index in [0.717, 1.165) is 17.1 Å². The first-order valence-electron chi connectivity index (χ1n) is 9.25. The number of benzene rings is 1. The van der Waals surface area contributed by atoms with Crippen LogP contribution in [0.15, 0.2) is 36.5 Å². The van der Waals surface area contributed by atoms with E-state index in [9.17, 15) is 9.59 Å². The Hall–Kier alpha value is -2.83. The van der Waals surface area contributed by atoms with Gasteiger partial charge in [0.15, 0.2) is 0 Å². The van der Waals surface area contributed by atoms with Crippen LogP contribution in [0.2, 0.25) is 0 Å². The molecular weight excluding hydrogens is 344 g/mol. The minimum Gasteiger partial charge on any atom is -0.491 e. The van der Waals surface area contributed by atoms with Gasteiger partial charge in [-0.05, 0) is 44.2 Å². The molecule has 7 heteroatoms. The van der Waals surface area contributed by atoms with E-state index in [1.807, 2.05) is 51.2 Å². The van der Waals surface area contributed by atoms with Gasteiger partial charge < -0.3 is 15.0 Å². The van der Waals surface area contributed by atoms with Crippen molar-refractivity contribution in [2.75, 3.05) is 18.0 Å². The maximum atomic E-state index is 12.4. The molecule has 0 unspecified atom stereocenters. The van der Waals surface area contributed by atoms with E-state index in [-0.39, 0.29) is 30.3 Å². The van der Waals surface area contributed by atoms with E-state index < -0.39 is 0 Å². The highest BCUT2D eigenvalue weighted by atomic mass is 16.5. The van der Waals surface area contributed by atoms with Gasteiger partial charge in [-0.2, -0.15) is 5.10 Å². The van der Waals surface area contributed by atoms with Gasteiger partial charge in [-0.3, -0.25) is 14.3 Å². The van der Waals surface area contributed by atoms with Gasteiger partial charge in [0.05, 0.1) is 12.0 Å². The van der Waals surface area contributed by atoms with Crippen molar-refractivity contribution in [1.29, 1.82) is 0 Å². The molecule has 0 saturated carbocycles. The molecule has 0 bridgehead atoms. The van der Waals surface area contributed by atoms with E-state index in [1.165, 1.54) is 0 Å². The third-order valence-corrected chi connectivity index (χ3v) is 4.62. The molecule has 0 aliphatic carbocycles. The molecule has 2 heterocycles. The lowest BCUT2D eigenvalue weighted by atomic mass is 10.1. The van der Waals surface area contributed by atoms with Crippen molar-refractivity contribution in [3.05, 3.63) is 42.2 Å². The van der Waals surface area contributed by atoms with Gasteiger partial charge in [-0.15, -0.1) is 0 Å². The van der Waals surface area contributed by atoms with Crippen molar-refractivity contribution in [1.82, 2.24) is 15.1 Å². The fourth-order valence-electron chi connectivity index (χ4n) is 3.21. The minimum atomic E-state index is -0.323. The van der Waals surface area contributed by atoms with Crippen molar-refractivity contribution >= 4 is 17.5 Å². The standard InChI is InChI=1S/C20H26N4O3/c1-14(2)27-18-6-4-17(5-7-18)24-13-15(12-19(24)25)20(26)21-10-8-16-9-11-22-23(16)3/h4-7,9,11,14-15H,8,10,12-13H2,1-3H3,(H,21,26)/t15-/m1/s1. The van der Waals surface area contributed by atoms with E-state index >= 15 is 0 Å². The molecule has 7 nitrogen and oxygen atoms in total. The number of hydrogen-bond donors (Lipinski definition) is 1. The van der Waals surface area contributed by atoms with Crippen LogP contribution in [-0.2, 0) is 23.1 Å². The summed E-state index contributed by atoms with van der Waals surface area (Å²) in [6.45, 7) is 4.87. The zero-order valence-electron chi connectivity index (χ0n) is 16.0. The Labute approximate surface area is 159 Å². The summed E-state index contributed by atoms with van der Waals surface area (Å²) in [5.41, 5.74) is 1.85. The van der Waals surface area contributed by atoms with Gasteiger partial charge in [0.2, 0.25) is 11.8 Å². The zero-order valence-corrected chi connectivity index (χ0v) is 16.0. The Kier molecular flexibility index (Phi) is 5.78. The van der Waals surface area contributed by atoms with Crippen LogP contribution in [0.5, 0.6) is 5.75 Å². The Morgan fingerprint density at radius 1 is 1.30 bits per heavy atom. The van der Waals surface area contributed by atoms with Crippen molar-refractivity contribution in [3.63, 3.8) is 0 Å². The van der Waals surface area contributed by atoms with Crippen molar-refractivity contribution in [3.8, 4) is 5.75 Å². The molecule has 1 saturated heterocycles. The number of anilines is 1. The molecule has 1 aliphatic heterocycles. The van der Waals surface area contributed by atoms with Gasteiger partial charge in [0.1, 0.15) is 5.75 Å². The van der Waals surface area contributed by atoms with Crippen molar-refractivity contribution < 1.29 is 14.3 Å². The summed E-state index contributed by atoms with van der Waals surface area (Å²) in [5.74, 6) is 0.340.